The van der Waals surface area contributed by atoms with E-state index in [9.17, 15) is 24.3 Å². The summed E-state index contributed by atoms with van der Waals surface area (Å²) in [5, 5.41) is 17.2. The van der Waals surface area contributed by atoms with Gasteiger partial charge in [-0.3, -0.25) is 19.2 Å². The Bertz CT molecular complexity index is 472. The predicted octanol–water partition coefficient (Wildman–Crippen LogP) is 0.170. The van der Waals surface area contributed by atoms with Crippen LogP contribution in [-0.2, 0) is 19.2 Å². The fraction of sp³-hybridized carbons (Fsp3) is 0.750. The number of carboxylic acids is 1. The highest BCUT2D eigenvalue weighted by Crippen LogP contribution is 2.35. The average Bonchev–Trinajstić information content (AvgIpc) is 2.55. The van der Waals surface area contributed by atoms with Gasteiger partial charge >= 0.3 is 5.97 Å². The number of hydrogen-bond acceptors (Lipinski definition) is 4. The van der Waals surface area contributed by atoms with E-state index in [1.54, 1.807) is 0 Å². The van der Waals surface area contributed by atoms with Crippen LogP contribution in [0.5, 0.6) is 0 Å². The minimum atomic E-state index is -0.867. The number of rotatable bonds is 9. The van der Waals surface area contributed by atoms with E-state index in [2.05, 4.69) is 16.0 Å². The van der Waals surface area contributed by atoms with Crippen molar-refractivity contribution in [1.29, 1.82) is 0 Å². The minimum Gasteiger partial charge on any atom is -0.481 e. The Kier molecular flexibility index (Phi) is 8.21. The number of hydrogen-bond donors (Lipinski definition) is 4. The van der Waals surface area contributed by atoms with Crippen molar-refractivity contribution in [3.8, 4) is 0 Å². The lowest BCUT2D eigenvalue weighted by molar-refractivity contribution is -0.151. The highest BCUT2D eigenvalue weighted by molar-refractivity contribution is 5.84. The molecule has 0 aromatic rings. The van der Waals surface area contributed by atoms with Gasteiger partial charge in [-0.05, 0) is 12.8 Å². The normalized spacial score (nSPS) is 16.0. The van der Waals surface area contributed by atoms with Gasteiger partial charge in [0, 0.05) is 39.4 Å². The predicted molar refractivity (Wildman–Crippen MR) is 87.1 cm³/mol. The van der Waals surface area contributed by atoms with Crippen molar-refractivity contribution in [2.24, 2.45) is 5.41 Å². The molecule has 0 aliphatic heterocycles. The lowest BCUT2D eigenvalue weighted by Gasteiger charge is -2.33. The van der Waals surface area contributed by atoms with E-state index in [4.69, 9.17) is 0 Å². The number of carbonyl (C=O) groups excluding carboxylic acids is 3. The van der Waals surface area contributed by atoms with Crippen molar-refractivity contribution in [2.45, 2.75) is 51.9 Å². The number of amides is 3. The first-order chi connectivity index (χ1) is 11.4. The third-order valence-corrected chi connectivity index (χ3v) is 4.29. The molecule has 0 radical (unpaired) electrons. The maximum Gasteiger partial charge on any atom is 0.311 e. The molecule has 8 nitrogen and oxygen atoms in total. The third-order valence-electron chi connectivity index (χ3n) is 4.29. The van der Waals surface area contributed by atoms with Crippen LogP contribution in [0, 0.1) is 5.41 Å². The fourth-order valence-corrected chi connectivity index (χ4v) is 2.81. The van der Waals surface area contributed by atoms with Crippen LogP contribution < -0.4 is 16.0 Å². The summed E-state index contributed by atoms with van der Waals surface area (Å²) in [6.45, 7) is 2.16. The molecular formula is C16H27N3O5. The van der Waals surface area contributed by atoms with Crippen molar-refractivity contribution in [2.75, 3.05) is 19.6 Å². The smallest absolute Gasteiger partial charge is 0.311 e. The molecule has 0 heterocycles. The summed E-state index contributed by atoms with van der Waals surface area (Å²) >= 11 is 0. The number of aliphatic carboxylic acids is 1. The van der Waals surface area contributed by atoms with Gasteiger partial charge in [-0.15, -0.1) is 0 Å². The van der Waals surface area contributed by atoms with Crippen LogP contribution in [0.1, 0.15) is 51.9 Å². The fourth-order valence-electron chi connectivity index (χ4n) is 2.81. The van der Waals surface area contributed by atoms with Crippen LogP contribution in [0.4, 0.5) is 0 Å². The largest absolute Gasteiger partial charge is 0.481 e. The molecule has 0 bridgehead atoms. The van der Waals surface area contributed by atoms with E-state index in [0.29, 0.717) is 25.9 Å². The Labute approximate surface area is 141 Å². The van der Waals surface area contributed by atoms with E-state index in [1.165, 1.54) is 6.92 Å². The number of carboxylic acid groups (broad SMARTS) is 1. The zero-order valence-corrected chi connectivity index (χ0v) is 14.2. The molecule has 24 heavy (non-hydrogen) atoms. The van der Waals surface area contributed by atoms with Gasteiger partial charge in [-0.1, -0.05) is 19.3 Å². The van der Waals surface area contributed by atoms with Gasteiger partial charge in [0.1, 0.15) is 0 Å². The van der Waals surface area contributed by atoms with E-state index in [-0.39, 0.29) is 37.1 Å². The van der Waals surface area contributed by atoms with E-state index < -0.39 is 11.4 Å². The molecular weight excluding hydrogens is 314 g/mol. The highest BCUT2D eigenvalue weighted by Gasteiger charge is 2.39. The summed E-state index contributed by atoms with van der Waals surface area (Å²) in [5.74, 6) is -1.63. The monoisotopic (exact) mass is 341 g/mol. The molecule has 0 saturated heterocycles. The third kappa shape index (κ3) is 6.97. The summed E-state index contributed by atoms with van der Waals surface area (Å²) in [6.07, 6.45) is 3.95. The summed E-state index contributed by atoms with van der Waals surface area (Å²) < 4.78 is 0. The lowest BCUT2D eigenvalue weighted by atomic mass is 9.74. The van der Waals surface area contributed by atoms with Crippen LogP contribution >= 0.6 is 0 Å². The topological polar surface area (TPSA) is 125 Å². The van der Waals surface area contributed by atoms with Crippen LogP contribution in [0.3, 0.4) is 0 Å². The zero-order valence-electron chi connectivity index (χ0n) is 14.2. The SMILES string of the molecule is CC(=O)NCCNC(=O)CCC(=O)NCC1(C(=O)O)CCCCC1. The van der Waals surface area contributed by atoms with E-state index in [1.807, 2.05) is 0 Å². The molecule has 0 unspecified atom stereocenters. The Balaban J connectivity index is 2.24. The molecule has 0 atom stereocenters. The van der Waals surface area contributed by atoms with Gasteiger partial charge in [-0.2, -0.15) is 0 Å². The second-order valence-corrected chi connectivity index (χ2v) is 6.26. The standard InChI is InChI=1S/C16H27N3O5/c1-12(20)17-9-10-18-13(21)5-6-14(22)19-11-16(15(23)24)7-3-2-4-8-16/h2-11H2,1H3,(H,17,20)(H,18,21)(H,19,22)(H,23,24). The molecule has 136 valence electrons. The second kappa shape index (κ2) is 9.89. The van der Waals surface area contributed by atoms with Crippen LogP contribution in [-0.4, -0.2) is 48.4 Å². The quantitative estimate of drug-likeness (QED) is 0.445. The zero-order chi connectivity index (χ0) is 18.0. The Morgan fingerprint density at radius 3 is 1.96 bits per heavy atom. The first kappa shape index (κ1) is 19.9. The molecule has 8 heteroatoms. The summed E-state index contributed by atoms with van der Waals surface area (Å²) in [6, 6.07) is 0. The summed E-state index contributed by atoms with van der Waals surface area (Å²) in [7, 11) is 0. The molecule has 0 spiro atoms. The molecule has 1 saturated carbocycles. The number of nitrogens with one attached hydrogen (secondary N) is 3. The molecule has 0 aromatic carbocycles. The van der Waals surface area contributed by atoms with Gasteiger partial charge in [-0.25, -0.2) is 0 Å². The van der Waals surface area contributed by atoms with Crippen molar-refractivity contribution in [3.63, 3.8) is 0 Å². The van der Waals surface area contributed by atoms with Crippen molar-refractivity contribution < 1.29 is 24.3 Å². The average molecular weight is 341 g/mol. The van der Waals surface area contributed by atoms with Crippen molar-refractivity contribution in [3.05, 3.63) is 0 Å². The molecule has 4 N–H and O–H groups in total. The van der Waals surface area contributed by atoms with Gasteiger partial charge in [0.2, 0.25) is 17.7 Å². The van der Waals surface area contributed by atoms with Crippen LogP contribution in [0.15, 0.2) is 0 Å². The maximum atomic E-state index is 11.8. The van der Waals surface area contributed by atoms with Gasteiger partial charge < -0.3 is 21.1 Å². The van der Waals surface area contributed by atoms with Crippen molar-refractivity contribution >= 4 is 23.7 Å². The molecule has 1 fully saturated rings. The Morgan fingerprint density at radius 1 is 0.875 bits per heavy atom. The van der Waals surface area contributed by atoms with Crippen molar-refractivity contribution in [1.82, 2.24) is 16.0 Å². The summed E-state index contributed by atoms with van der Waals surface area (Å²) in [4.78, 5) is 45.6. The van der Waals surface area contributed by atoms with E-state index >= 15 is 0 Å². The molecule has 1 aliphatic carbocycles. The van der Waals surface area contributed by atoms with Gasteiger partial charge in [0.15, 0.2) is 0 Å². The van der Waals surface area contributed by atoms with Crippen LogP contribution in [0.2, 0.25) is 0 Å². The van der Waals surface area contributed by atoms with Gasteiger partial charge in [0.25, 0.3) is 0 Å². The Morgan fingerprint density at radius 2 is 1.42 bits per heavy atom. The minimum absolute atomic E-state index is 0.0155. The van der Waals surface area contributed by atoms with Gasteiger partial charge in [0.05, 0.1) is 5.41 Å². The lowest BCUT2D eigenvalue weighted by Crippen LogP contribution is -2.44. The molecule has 3 amide bonds. The molecule has 0 aromatic heterocycles. The summed E-state index contributed by atoms with van der Waals surface area (Å²) in [5.41, 5.74) is -0.867. The first-order valence-corrected chi connectivity index (χ1v) is 8.37. The van der Waals surface area contributed by atoms with E-state index in [0.717, 1.165) is 19.3 Å². The first-order valence-electron chi connectivity index (χ1n) is 8.37. The Hall–Kier alpha value is -2.12. The number of carbonyl (C=O) groups is 4. The highest BCUT2D eigenvalue weighted by atomic mass is 16.4. The molecule has 1 aliphatic rings. The maximum absolute atomic E-state index is 11.8. The van der Waals surface area contributed by atoms with Crippen LogP contribution in [0.25, 0.3) is 0 Å². The molecule has 1 rings (SSSR count). The second-order valence-electron chi connectivity index (χ2n) is 6.26.